The van der Waals surface area contributed by atoms with Gasteiger partial charge in [-0.05, 0) is 32.9 Å². The van der Waals surface area contributed by atoms with Crippen molar-refractivity contribution < 1.29 is 8.42 Å². The van der Waals surface area contributed by atoms with E-state index in [0.29, 0.717) is 18.8 Å². The maximum Gasteiger partial charge on any atom is 0.245 e. The first-order valence-electron chi connectivity index (χ1n) is 6.82. The average molecular weight is 297 g/mol. The van der Waals surface area contributed by atoms with Gasteiger partial charge in [0.25, 0.3) is 0 Å². The van der Waals surface area contributed by atoms with Gasteiger partial charge in [0.2, 0.25) is 10.0 Å². The molecule has 1 aliphatic rings. The number of nitrogens with two attached hydrogens (primary N) is 1. The highest BCUT2D eigenvalue weighted by Crippen LogP contribution is 2.24. The number of hydrogen-bond donors (Lipinski definition) is 1. The maximum absolute atomic E-state index is 12.6. The van der Waals surface area contributed by atoms with Gasteiger partial charge in [-0.15, -0.1) is 0 Å². The number of anilines is 1. The summed E-state index contributed by atoms with van der Waals surface area (Å²) in [6, 6.07) is 6.64. The van der Waals surface area contributed by atoms with Crippen LogP contribution in [-0.2, 0) is 10.0 Å². The molecule has 2 N–H and O–H groups in total. The number of sulfonamides is 1. The number of benzene rings is 1. The summed E-state index contributed by atoms with van der Waals surface area (Å²) in [5, 5.41) is 0. The molecule has 112 valence electrons. The van der Waals surface area contributed by atoms with E-state index in [1.54, 1.807) is 24.3 Å². The molecule has 6 heteroatoms. The van der Waals surface area contributed by atoms with Crippen molar-refractivity contribution in [2.24, 2.45) is 0 Å². The third kappa shape index (κ3) is 2.97. The molecule has 0 bridgehead atoms. The molecule has 1 aliphatic heterocycles. The van der Waals surface area contributed by atoms with Gasteiger partial charge < -0.3 is 5.73 Å². The van der Waals surface area contributed by atoms with E-state index in [1.165, 1.54) is 4.31 Å². The van der Waals surface area contributed by atoms with Crippen LogP contribution in [0.5, 0.6) is 0 Å². The lowest BCUT2D eigenvalue weighted by molar-refractivity contribution is 0.0922. The molecule has 0 aromatic heterocycles. The third-order valence-electron chi connectivity index (χ3n) is 3.72. The Balaban J connectivity index is 2.16. The van der Waals surface area contributed by atoms with Gasteiger partial charge in [-0.3, -0.25) is 4.90 Å². The molecule has 2 rings (SSSR count). The lowest BCUT2D eigenvalue weighted by atomic mass is 10.1. The normalized spacial score (nSPS) is 19.1. The Labute approximate surface area is 121 Å². The quantitative estimate of drug-likeness (QED) is 0.837. The van der Waals surface area contributed by atoms with Gasteiger partial charge in [-0.2, -0.15) is 4.31 Å². The van der Waals surface area contributed by atoms with Gasteiger partial charge in [0.15, 0.2) is 0 Å². The molecule has 0 radical (unpaired) electrons. The van der Waals surface area contributed by atoms with Crippen molar-refractivity contribution in [2.45, 2.75) is 31.2 Å². The lowest BCUT2D eigenvalue weighted by Crippen LogP contribution is -2.54. The van der Waals surface area contributed by atoms with Crippen LogP contribution in [0.1, 0.15) is 20.8 Å². The van der Waals surface area contributed by atoms with Crippen molar-refractivity contribution in [3.05, 3.63) is 24.3 Å². The van der Waals surface area contributed by atoms with Gasteiger partial charge >= 0.3 is 0 Å². The van der Waals surface area contributed by atoms with E-state index < -0.39 is 10.0 Å². The zero-order valence-corrected chi connectivity index (χ0v) is 13.2. The summed E-state index contributed by atoms with van der Waals surface area (Å²) >= 11 is 0. The number of nitrogens with zero attached hydrogens (tertiary/aromatic N) is 2. The molecule has 0 spiro atoms. The molecule has 0 atom stereocenters. The first kappa shape index (κ1) is 15.3. The maximum atomic E-state index is 12.6. The van der Waals surface area contributed by atoms with Crippen molar-refractivity contribution >= 4 is 15.7 Å². The molecule has 1 aromatic carbocycles. The standard InChI is InChI=1S/C14H23N3O2S/c1-14(2,3)16-8-10-17(11-9-16)20(18,19)13-7-5-4-6-12(13)15/h4-7H,8-11,15H2,1-3H3. The van der Waals surface area contributed by atoms with E-state index in [1.807, 2.05) is 0 Å². The fraction of sp³-hybridized carbons (Fsp3) is 0.571. The first-order chi connectivity index (χ1) is 9.23. The predicted molar refractivity (Wildman–Crippen MR) is 80.9 cm³/mol. The number of hydrogen-bond acceptors (Lipinski definition) is 4. The minimum absolute atomic E-state index is 0.0711. The van der Waals surface area contributed by atoms with E-state index in [0.717, 1.165) is 13.1 Å². The number of piperazine rings is 1. The third-order valence-corrected chi connectivity index (χ3v) is 5.70. The summed E-state index contributed by atoms with van der Waals surface area (Å²) < 4.78 is 26.7. The van der Waals surface area contributed by atoms with Crippen molar-refractivity contribution in [1.82, 2.24) is 9.21 Å². The minimum atomic E-state index is -3.48. The molecule has 1 saturated heterocycles. The fourth-order valence-corrected chi connectivity index (χ4v) is 3.99. The minimum Gasteiger partial charge on any atom is -0.398 e. The van der Waals surface area contributed by atoms with Crippen LogP contribution in [-0.4, -0.2) is 49.3 Å². The van der Waals surface area contributed by atoms with Crippen LogP contribution in [0.4, 0.5) is 5.69 Å². The topological polar surface area (TPSA) is 66.6 Å². The van der Waals surface area contributed by atoms with Crippen LogP contribution in [0.15, 0.2) is 29.2 Å². The van der Waals surface area contributed by atoms with Crippen LogP contribution < -0.4 is 5.73 Å². The monoisotopic (exact) mass is 297 g/mol. The zero-order chi connectivity index (χ0) is 15.0. The van der Waals surface area contributed by atoms with E-state index in [2.05, 4.69) is 25.7 Å². The Morgan fingerprint density at radius 2 is 1.60 bits per heavy atom. The van der Waals surface area contributed by atoms with Crippen molar-refractivity contribution in [2.75, 3.05) is 31.9 Å². The van der Waals surface area contributed by atoms with Crippen molar-refractivity contribution in [3.8, 4) is 0 Å². The zero-order valence-electron chi connectivity index (χ0n) is 12.3. The van der Waals surface area contributed by atoms with Gasteiger partial charge in [-0.1, -0.05) is 12.1 Å². The molecular weight excluding hydrogens is 274 g/mol. The second-order valence-corrected chi connectivity index (χ2v) is 8.01. The Morgan fingerprint density at radius 1 is 1.05 bits per heavy atom. The molecule has 1 aromatic rings. The van der Waals surface area contributed by atoms with Gasteiger partial charge in [0, 0.05) is 31.7 Å². The molecule has 0 saturated carbocycles. The molecule has 1 heterocycles. The van der Waals surface area contributed by atoms with E-state index >= 15 is 0 Å². The Hall–Kier alpha value is -1.11. The average Bonchev–Trinajstić information content (AvgIpc) is 2.38. The molecule has 0 aliphatic carbocycles. The lowest BCUT2D eigenvalue weighted by Gasteiger charge is -2.41. The van der Waals surface area contributed by atoms with Gasteiger partial charge in [-0.25, -0.2) is 8.42 Å². The second kappa shape index (κ2) is 5.35. The molecule has 1 fully saturated rings. The summed E-state index contributed by atoms with van der Waals surface area (Å²) in [4.78, 5) is 2.51. The van der Waals surface area contributed by atoms with Gasteiger partial charge in [0.05, 0.1) is 5.69 Å². The summed E-state index contributed by atoms with van der Waals surface area (Å²) in [5.74, 6) is 0. The molecule has 0 amide bonds. The van der Waals surface area contributed by atoms with Crippen LogP contribution >= 0.6 is 0 Å². The van der Waals surface area contributed by atoms with Crippen LogP contribution in [0, 0.1) is 0 Å². The number of rotatable bonds is 2. The Kier molecular flexibility index (Phi) is 4.09. The highest BCUT2D eigenvalue weighted by Gasteiger charge is 2.32. The number of para-hydroxylation sites is 1. The van der Waals surface area contributed by atoms with Crippen molar-refractivity contribution in [3.63, 3.8) is 0 Å². The predicted octanol–water partition coefficient (Wildman–Crippen LogP) is 1.37. The van der Waals surface area contributed by atoms with E-state index in [4.69, 9.17) is 5.73 Å². The number of nitrogen functional groups attached to an aromatic ring is 1. The second-order valence-electron chi connectivity index (χ2n) is 6.10. The highest BCUT2D eigenvalue weighted by molar-refractivity contribution is 7.89. The van der Waals surface area contributed by atoms with Gasteiger partial charge in [0.1, 0.15) is 4.90 Å². The summed E-state index contributed by atoms with van der Waals surface area (Å²) in [6.45, 7) is 8.94. The van der Waals surface area contributed by atoms with Crippen LogP contribution in [0.25, 0.3) is 0 Å². The Morgan fingerprint density at radius 3 is 2.10 bits per heavy atom. The summed E-state index contributed by atoms with van der Waals surface area (Å²) in [6.07, 6.45) is 0. The van der Waals surface area contributed by atoms with Crippen LogP contribution in [0.3, 0.4) is 0 Å². The van der Waals surface area contributed by atoms with Crippen LogP contribution in [0.2, 0.25) is 0 Å². The summed E-state index contributed by atoms with van der Waals surface area (Å²) in [5.41, 5.74) is 6.18. The fourth-order valence-electron chi connectivity index (χ4n) is 2.45. The molecule has 5 nitrogen and oxygen atoms in total. The van der Waals surface area contributed by atoms with Crippen molar-refractivity contribution in [1.29, 1.82) is 0 Å². The first-order valence-corrected chi connectivity index (χ1v) is 8.26. The molecular formula is C14H23N3O2S. The van der Waals surface area contributed by atoms with E-state index in [9.17, 15) is 8.42 Å². The Bertz CT molecular complexity index is 570. The summed E-state index contributed by atoms with van der Waals surface area (Å²) in [7, 11) is -3.48. The largest absolute Gasteiger partial charge is 0.398 e. The highest BCUT2D eigenvalue weighted by atomic mass is 32.2. The SMILES string of the molecule is CC(C)(C)N1CCN(S(=O)(=O)c2ccccc2N)CC1. The molecule has 0 unspecified atom stereocenters. The molecule has 20 heavy (non-hydrogen) atoms. The smallest absolute Gasteiger partial charge is 0.245 e. The van der Waals surface area contributed by atoms with E-state index in [-0.39, 0.29) is 10.4 Å².